The minimum absolute atomic E-state index is 0.0307. The number of nitrogens with zero attached hydrogens (tertiary/aromatic N) is 2. The van der Waals surface area contributed by atoms with Crippen LogP contribution in [-0.2, 0) is 0 Å². The summed E-state index contributed by atoms with van der Waals surface area (Å²) in [5.41, 5.74) is 6.19. The first-order valence-electron chi connectivity index (χ1n) is 10.4. The first-order valence-corrected chi connectivity index (χ1v) is 10.4. The Balaban J connectivity index is 1.68. The van der Waals surface area contributed by atoms with Crippen molar-refractivity contribution in [2.75, 3.05) is 16.0 Å². The Morgan fingerprint density at radius 1 is 1.06 bits per heavy atom. The van der Waals surface area contributed by atoms with Gasteiger partial charge in [-0.2, -0.15) is 0 Å². The number of allylic oxidation sites excluding steroid dienone is 1. The van der Waals surface area contributed by atoms with Crippen molar-refractivity contribution in [3.8, 4) is 0 Å². The molecule has 3 rings (SSSR count). The van der Waals surface area contributed by atoms with Crippen molar-refractivity contribution in [2.45, 2.75) is 40.2 Å². The molecule has 0 fully saturated rings. The average Bonchev–Trinajstić information content (AvgIpc) is 2.75. The van der Waals surface area contributed by atoms with Gasteiger partial charge in [-0.1, -0.05) is 25.6 Å². The molecule has 0 aliphatic rings. The maximum atomic E-state index is 12.5. The monoisotopic (exact) mass is 415 g/mol. The molecule has 1 aromatic carbocycles. The number of rotatable bonds is 8. The molecule has 6 heteroatoms. The second-order valence-corrected chi connectivity index (χ2v) is 7.67. The second kappa shape index (κ2) is 9.89. The molecule has 2 heterocycles. The number of benzene rings is 1. The zero-order chi connectivity index (χ0) is 22.4. The van der Waals surface area contributed by atoms with Crippen LogP contribution < -0.4 is 16.0 Å². The molecule has 2 aromatic heterocycles. The summed E-state index contributed by atoms with van der Waals surface area (Å²) in [5, 5.41) is 9.66. The van der Waals surface area contributed by atoms with Gasteiger partial charge in [0.15, 0.2) is 0 Å². The largest absolute Gasteiger partial charge is 0.377 e. The fourth-order valence-corrected chi connectivity index (χ4v) is 3.14. The molecule has 31 heavy (non-hydrogen) atoms. The molecule has 1 atom stereocenters. The van der Waals surface area contributed by atoms with Crippen molar-refractivity contribution in [1.29, 1.82) is 0 Å². The van der Waals surface area contributed by atoms with Crippen LogP contribution in [0.25, 0.3) is 0 Å². The molecule has 1 unspecified atom stereocenters. The van der Waals surface area contributed by atoms with E-state index in [1.54, 1.807) is 12.4 Å². The van der Waals surface area contributed by atoms with Crippen molar-refractivity contribution in [1.82, 2.24) is 9.97 Å². The van der Waals surface area contributed by atoms with Crippen molar-refractivity contribution in [2.24, 2.45) is 0 Å². The Labute approximate surface area is 183 Å². The van der Waals surface area contributed by atoms with Crippen molar-refractivity contribution < 1.29 is 4.79 Å². The van der Waals surface area contributed by atoms with Gasteiger partial charge in [-0.25, -0.2) is 4.98 Å². The summed E-state index contributed by atoms with van der Waals surface area (Å²) in [7, 11) is 0. The topological polar surface area (TPSA) is 78.9 Å². The van der Waals surface area contributed by atoms with Crippen LogP contribution in [0.1, 0.15) is 53.4 Å². The lowest BCUT2D eigenvalue weighted by atomic mass is 10.1. The summed E-state index contributed by atoms with van der Waals surface area (Å²) in [4.78, 5) is 21.1. The van der Waals surface area contributed by atoms with Gasteiger partial charge in [-0.15, -0.1) is 0 Å². The predicted octanol–water partition coefficient (Wildman–Crippen LogP) is 5.85. The molecule has 0 spiro atoms. The van der Waals surface area contributed by atoms with E-state index in [2.05, 4.69) is 52.4 Å². The summed E-state index contributed by atoms with van der Waals surface area (Å²) in [6.07, 6.45) is 5.96. The lowest BCUT2D eigenvalue weighted by molar-refractivity contribution is 0.102. The highest BCUT2D eigenvalue weighted by atomic mass is 16.1. The zero-order valence-corrected chi connectivity index (χ0v) is 18.5. The van der Waals surface area contributed by atoms with Crippen LogP contribution in [0.5, 0.6) is 0 Å². The zero-order valence-electron chi connectivity index (χ0n) is 18.5. The van der Waals surface area contributed by atoms with E-state index in [4.69, 9.17) is 0 Å². The van der Waals surface area contributed by atoms with Gasteiger partial charge in [-0.3, -0.25) is 9.78 Å². The number of pyridine rings is 2. The van der Waals surface area contributed by atoms with Crippen LogP contribution in [-0.4, -0.2) is 15.9 Å². The Morgan fingerprint density at radius 3 is 2.58 bits per heavy atom. The fraction of sp³-hybridized carbons (Fsp3) is 0.240. The van der Waals surface area contributed by atoms with Gasteiger partial charge in [0.1, 0.15) is 5.82 Å². The molecule has 0 saturated heterocycles. The van der Waals surface area contributed by atoms with E-state index in [-0.39, 0.29) is 11.9 Å². The molecule has 3 aromatic rings. The predicted molar refractivity (Wildman–Crippen MR) is 127 cm³/mol. The number of carbonyl (C=O) groups is 1. The number of amides is 1. The van der Waals surface area contributed by atoms with Crippen molar-refractivity contribution in [3.05, 3.63) is 89.5 Å². The number of aromatic nitrogens is 2. The number of anilines is 3. The lowest BCUT2D eigenvalue weighted by Gasteiger charge is -2.18. The van der Waals surface area contributed by atoms with Gasteiger partial charge < -0.3 is 16.0 Å². The first kappa shape index (κ1) is 22.0. The lowest BCUT2D eigenvalue weighted by Crippen LogP contribution is -2.13. The third-order valence-corrected chi connectivity index (χ3v) is 4.97. The van der Waals surface area contributed by atoms with Gasteiger partial charge in [0, 0.05) is 29.8 Å². The van der Waals surface area contributed by atoms with Gasteiger partial charge in [0.05, 0.1) is 17.4 Å². The standard InChI is InChI=1S/C25H29N5O/c1-6-18(4)28-24-17(3)11-23(15-27-24)29-19(5)20-8-7-9-22(12-20)30-25(31)21-10-16(2)13-26-14-21/h7-15,19,29H,4,6H2,1-3,5H3,(H,27,28)(H,30,31). The molecule has 0 radical (unpaired) electrons. The summed E-state index contributed by atoms with van der Waals surface area (Å²) >= 11 is 0. The highest BCUT2D eigenvalue weighted by molar-refractivity contribution is 6.04. The molecular formula is C25H29N5O. The SMILES string of the molecule is C=C(CC)Nc1ncc(NC(C)c2cccc(NC(=O)c3cncc(C)c3)c2)cc1C. The van der Waals surface area contributed by atoms with Crippen LogP contribution in [0, 0.1) is 13.8 Å². The minimum atomic E-state index is -0.175. The minimum Gasteiger partial charge on any atom is -0.377 e. The molecule has 6 nitrogen and oxygen atoms in total. The summed E-state index contributed by atoms with van der Waals surface area (Å²) in [6.45, 7) is 12.0. The van der Waals surface area contributed by atoms with Gasteiger partial charge in [0.25, 0.3) is 5.91 Å². The van der Waals surface area contributed by atoms with E-state index in [0.717, 1.165) is 46.0 Å². The average molecular weight is 416 g/mol. The van der Waals surface area contributed by atoms with Crippen LogP contribution in [0.3, 0.4) is 0 Å². The van der Waals surface area contributed by atoms with Gasteiger partial charge in [0.2, 0.25) is 0 Å². The van der Waals surface area contributed by atoms with Crippen LogP contribution >= 0.6 is 0 Å². The fourth-order valence-electron chi connectivity index (χ4n) is 3.14. The second-order valence-electron chi connectivity index (χ2n) is 7.67. The Kier molecular flexibility index (Phi) is 7.03. The molecule has 1 amide bonds. The molecule has 0 bridgehead atoms. The van der Waals surface area contributed by atoms with E-state index in [1.807, 2.05) is 50.4 Å². The Hall–Kier alpha value is -3.67. The van der Waals surface area contributed by atoms with E-state index in [9.17, 15) is 4.79 Å². The maximum Gasteiger partial charge on any atom is 0.257 e. The van der Waals surface area contributed by atoms with Crippen molar-refractivity contribution >= 4 is 23.1 Å². The number of aryl methyl sites for hydroxylation is 2. The summed E-state index contributed by atoms with van der Waals surface area (Å²) in [6, 6.07) is 11.7. The van der Waals surface area contributed by atoms with E-state index >= 15 is 0 Å². The highest BCUT2D eigenvalue weighted by Gasteiger charge is 2.11. The van der Waals surface area contributed by atoms with E-state index in [0.29, 0.717) is 5.56 Å². The first-order chi connectivity index (χ1) is 14.9. The van der Waals surface area contributed by atoms with Crippen LogP contribution in [0.4, 0.5) is 17.2 Å². The third-order valence-electron chi connectivity index (χ3n) is 4.97. The molecule has 0 aliphatic carbocycles. The maximum absolute atomic E-state index is 12.5. The normalized spacial score (nSPS) is 11.5. The van der Waals surface area contributed by atoms with Gasteiger partial charge >= 0.3 is 0 Å². The van der Waals surface area contributed by atoms with E-state index < -0.39 is 0 Å². The highest BCUT2D eigenvalue weighted by Crippen LogP contribution is 2.24. The molecule has 3 N–H and O–H groups in total. The Bertz CT molecular complexity index is 1090. The summed E-state index contributed by atoms with van der Waals surface area (Å²) < 4.78 is 0. The number of carbonyl (C=O) groups excluding carboxylic acids is 1. The molecule has 0 saturated carbocycles. The smallest absolute Gasteiger partial charge is 0.257 e. The molecular weight excluding hydrogens is 386 g/mol. The van der Waals surface area contributed by atoms with Crippen molar-refractivity contribution in [3.63, 3.8) is 0 Å². The van der Waals surface area contributed by atoms with Crippen LogP contribution in [0.15, 0.2) is 67.3 Å². The van der Waals surface area contributed by atoms with Crippen LogP contribution in [0.2, 0.25) is 0 Å². The number of hydrogen-bond acceptors (Lipinski definition) is 5. The van der Waals surface area contributed by atoms with E-state index in [1.165, 1.54) is 0 Å². The van der Waals surface area contributed by atoms with Gasteiger partial charge in [-0.05, 0) is 68.1 Å². The Morgan fingerprint density at radius 2 is 1.87 bits per heavy atom. The molecule has 160 valence electrons. The quantitative estimate of drug-likeness (QED) is 0.430. The number of hydrogen-bond donors (Lipinski definition) is 3. The molecule has 0 aliphatic heterocycles. The number of nitrogens with one attached hydrogen (secondary N) is 3. The third kappa shape index (κ3) is 5.92. The summed E-state index contributed by atoms with van der Waals surface area (Å²) in [5.74, 6) is 0.644.